The highest BCUT2D eigenvalue weighted by Gasteiger charge is 1.97. The number of nitrogen functional groups attached to an aromatic ring is 1. The summed E-state index contributed by atoms with van der Waals surface area (Å²) in [5.74, 6) is 0. The molecule has 0 bridgehead atoms. The third-order valence-corrected chi connectivity index (χ3v) is 2.71. The average Bonchev–Trinajstić information content (AvgIpc) is 2.35. The van der Waals surface area contributed by atoms with Crippen LogP contribution in [0.15, 0.2) is 53.5 Å². The number of rotatable bonds is 4. The maximum absolute atomic E-state index is 11.5. The Kier molecular flexibility index (Phi) is 3.60. The van der Waals surface area contributed by atoms with Crippen molar-refractivity contribution in [2.45, 2.75) is 19.4 Å². The summed E-state index contributed by atoms with van der Waals surface area (Å²) in [7, 11) is 0. The topological polar surface area (TPSA) is 48.0 Å². The van der Waals surface area contributed by atoms with Gasteiger partial charge in [-0.3, -0.25) is 4.79 Å². The quantitative estimate of drug-likeness (QED) is 0.870. The number of hydrogen-bond acceptors (Lipinski definition) is 2. The summed E-state index contributed by atoms with van der Waals surface area (Å²) in [6.45, 7) is 0.707. The van der Waals surface area contributed by atoms with E-state index in [1.807, 2.05) is 18.2 Å². The second-order valence-electron chi connectivity index (χ2n) is 4.08. The third kappa shape index (κ3) is 3.21. The molecule has 1 heterocycles. The molecule has 0 unspecified atom stereocenters. The van der Waals surface area contributed by atoms with Crippen LogP contribution in [0.25, 0.3) is 0 Å². The van der Waals surface area contributed by atoms with Gasteiger partial charge in [0.15, 0.2) is 0 Å². The van der Waals surface area contributed by atoms with Gasteiger partial charge in [0, 0.05) is 24.5 Å². The Morgan fingerprint density at radius 2 is 1.82 bits per heavy atom. The molecule has 0 saturated heterocycles. The van der Waals surface area contributed by atoms with E-state index < -0.39 is 0 Å². The molecule has 1 aromatic heterocycles. The fraction of sp³-hybridized carbons (Fsp3) is 0.214. The van der Waals surface area contributed by atoms with Crippen molar-refractivity contribution in [2.75, 3.05) is 5.73 Å². The summed E-state index contributed by atoms with van der Waals surface area (Å²) in [4.78, 5) is 11.5. The molecule has 0 amide bonds. The molecule has 0 aliphatic heterocycles. The first-order valence-corrected chi connectivity index (χ1v) is 5.75. The van der Waals surface area contributed by atoms with Gasteiger partial charge in [-0.15, -0.1) is 0 Å². The van der Waals surface area contributed by atoms with Crippen LogP contribution < -0.4 is 11.3 Å². The number of nitrogens with two attached hydrogens (primary N) is 1. The largest absolute Gasteiger partial charge is 0.398 e. The molecule has 0 fully saturated rings. The monoisotopic (exact) mass is 228 g/mol. The van der Waals surface area contributed by atoms with E-state index >= 15 is 0 Å². The lowest BCUT2D eigenvalue weighted by molar-refractivity contribution is 0.623. The molecule has 2 N–H and O–H groups in total. The first-order valence-electron chi connectivity index (χ1n) is 5.75. The molecule has 0 radical (unpaired) electrons. The van der Waals surface area contributed by atoms with Gasteiger partial charge >= 0.3 is 0 Å². The molecule has 0 atom stereocenters. The summed E-state index contributed by atoms with van der Waals surface area (Å²) in [5, 5.41) is 0. The van der Waals surface area contributed by atoms with Gasteiger partial charge in [0.25, 0.3) is 5.56 Å². The summed E-state index contributed by atoms with van der Waals surface area (Å²) in [6, 6.07) is 13.4. The first-order chi connectivity index (χ1) is 8.25. The lowest BCUT2D eigenvalue weighted by atomic mass is 10.1. The SMILES string of the molecule is Nc1ccc(=O)n(CCCc2ccccc2)c1. The summed E-state index contributed by atoms with van der Waals surface area (Å²) in [5.41, 5.74) is 7.58. The van der Waals surface area contributed by atoms with Crippen LogP contribution in [0.2, 0.25) is 0 Å². The standard InChI is InChI=1S/C14H16N2O/c15-13-8-9-14(17)16(11-13)10-4-7-12-5-2-1-3-6-12/h1-3,5-6,8-9,11H,4,7,10,15H2. The van der Waals surface area contributed by atoms with Crippen molar-refractivity contribution >= 4 is 5.69 Å². The predicted octanol–water partition coefficient (Wildman–Crippen LogP) is 2.06. The number of pyridine rings is 1. The average molecular weight is 228 g/mol. The summed E-state index contributed by atoms with van der Waals surface area (Å²) >= 11 is 0. The number of benzene rings is 1. The zero-order chi connectivity index (χ0) is 12.1. The van der Waals surface area contributed by atoms with E-state index in [2.05, 4.69) is 12.1 Å². The van der Waals surface area contributed by atoms with E-state index in [0.717, 1.165) is 12.8 Å². The highest BCUT2D eigenvalue weighted by atomic mass is 16.1. The Labute approximate surface area is 101 Å². The molecule has 88 valence electrons. The normalized spacial score (nSPS) is 10.4. The minimum Gasteiger partial charge on any atom is -0.398 e. The molecular formula is C14H16N2O. The lowest BCUT2D eigenvalue weighted by Crippen LogP contribution is -2.19. The Bertz CT molecular complexity index is 531. The molecule has 3 heteroatoms. The van der Waals surface area contributed by atoms with Crippen LogP contribution in [0.1, 0.15) is 12.0 Å². The van der Waals surface area contributed by atoms with Crippen LogP contribution in [-0.2, 0) is 13.0 Å². The second kappa shape index (κ2) is 5.34. The molecule has 2 aromatic rings. The van der Waals surface area contributed by atoms with Crippen LogP contribution in [0, 0.1) is 0 Å². The van der Waals surface area contributed by atoms with Crippen LogP contribution in [0.4, 0.5) is 5.69 Å². The van der Waals surface area contributed by atoms with Crippen molar-refractivity contribution in [2.24, 2.45) is 0 Å². The van der Waals surface area contributed by atoms with E-state index in [0.29, 0.717) is 12.2 Å². The Hall–Kier alpha value is -2.03. The first kappa shape index (κ1) is 11.5. The smallest absolute Gasteiger partial charge is 0.250 e. The second-order valence-corrected chi connectivity index (χ2v) is 4.08. The van der Waals surface area contributed by atoms with Gasteiger partial charge in [-0.2, -0.15) is 0 Å². The highest BCUT2D eigenvalue weighted by Crippen LogP contribution is 2.04. The van der Waals surface area contributed by atoms with Crippen LogP contribution in [0.5, 0.6) is 0 Å². The molecule has 3 nitrogen and oxygen atoms in total. The van der Waals surface area contributed by atoms with Gasteiger partial charge in [-0.1, -0.05) is 30.3 Å². The Morgan fingerprint density at radius 1 is 1.06 bits per heavy atom. The molecule has 1 aromatic carbocycles. The van der Waals surface area contributed by atoms with Crippen LogP contribution in [-0.4, -0.2) is 4.57 Å². The molecular weight excluding hydrogens is 212 g/mol. The van der Waals surface area contributed by atoms with Gasteiger partial charge in [0.2, 0.25) is 0 Å². The van der Waals surface area contributed by atoms with E-state index in [4.69, 9.17) is 5.73 Å². The molecule has 0 aliphatic carbocycles. The number of anilines is 1. The van der Waals surface area contributed by atoms with Gasteiger partial charge in [0.1, 0.15) is 0 Å². The van der Waals surface area contributed by atoms with E-state index in [1.165, 1.54) is 11.6 Å². The molecule has 0 aliphatic rings. The summed E-state index contributed by atoms with van der Waals surface area (Å²) < 4.78 is 1.66. The van der Waals surface area contributed by atoms with Gasteiger partial charge in [0.05, 0.1) is 0 Å². The van der Waals surface area contributed by atoms with Gasteiger partial charge in [-0.25, -0.2) is 0 Å². The van der Waals surface area contributed by atoms with Gasteiger partial charge < -0.3 is 10.3 Å². The number of aromatic nitrogens is 1. The van der Waals surface area contributed by atoms with Crippen molar-refractivity contribution in [3.05, 3.63) is 64.6 Å². The number of hydrogen-bond donors (Lipinski definition) is 1. The Balaban J connectivity index is 1.94. The van der Waals surface area contributed by atoms with E-state index in [-0.39, 0.29) is 5.56 Å². The number of aryl methyl sites for hydroxylation is 2. The fourth-order valence-corrected chi connectivity index (χ4v) is 1.82. The minimum atomic E-state index is 0.00672. The fourth-order valence-electron chi connectivity index (χ4n) is 1.82. The lowest BCUT2D eigenvalue weighted by Gasteiger charge is -2.06. The zero-order valence-corrected chi connectivity index (χ0v) is 9.67. The molecule has 2 rings (SSSR count). The van der Waals surface area contributed by atoms with E-state index in [9.17, 15) is 4.79 Å². The van der Waals surface area contributed by atoms with Crippen LogP contribution in [0.3, 0.4) is 0 Å². The highest BCUT2D eigenvalue weighted by molar-refractivity contribution is 5.33. The van der Waals surface area contributed by atoms with Crippen LogP contribution >= 0.6 is 0 Å². The van der Waals surface area contributed by atoms with Crippen molar-refractivity contribution in [1.82, 2.24) is 4.57 Å². The van der Waals surface area contributed by atoms with Crippen molar-refractivity contribution in [1.29, 1.82) is 0 Å². The van der Waals surface area contributed by atoms with Crippen molar-refractivity contribution in [3.8, 4) is 0 Å². The molecule has 0 saturated carbocycles. The van der Waals surface area contributed by atoms with Gasteiger partial charge in [-0.05, 0) is 24.5 Å². The zero-order valence-electron chi connectivity index (χ0n) is 9.67. The minimum absolute atomic E-state index is 0.00672. The van der Waals surface area contributed by atoms with E-state index in [1.54, 1.807) is 16.8 Å². The third-order valence-electron chi connectivity index (χ3n) is 2.71. The van der Waals surface area contributed by atoms with Crippen molar-refractivity contribution < 1.29 is 0 Å². The molecule has 0 spiro atoms. The predicted molar refractivity (Wildman–Crippen MR) is 69.9 cm³/mol. The maximum Gasteiger partial charge on any atom is 0.250 e. The van der Waals surface area contributed by atoms with Crippen molar-refractivity contribution in [3.63, 3.8) is 0 Å². The molecule has 17 heavy (non-hydrogen) atoms. The summed E-state index contributed by atoms with van der Waals surface area (Å²) in [6.07, 6.45) is 3.61. The Morgan fingerprint density at radius 3 is 2.59 bits per heavy atom. The maximum atomic E-state index is 11.5. The number of nitrogens with zero attached hydrogens (tertiary/aromatic N) is 1.